The number of benzene rings is 1. The monoisotopic (exact) mass is 291 g/mol. The number of amides is 1. The van der Waals surface area contributed by atoms with Crippen LogP contribution in [0.1, 0.15) is 26.3 Å². The second kappa shape index (κ2) is 8.09. The molecule has 0 unspecified atom stereocenters. The summed E-state index contributed by atoms with van der Waals surface area (Å²) in [6.45, 7) is 5.48. The van der Waals surface area contributed by atoms with Crippen LogP contribution in [0.15, 0.2) is 35.9 Å². The molecule has 0 aliphatic carbocycles. The molecule has 0 radical (unpaired) electrons. The molecule has 1 atom stereocenters. The third-order valence-corrected chi connectivity index (χ3v) is 2.69. The predicted molar refractivity (Wildman–Crippen MR) is 79.8 cm³/mol. The molecule has 0 spiro atoms. The smallest absolute Gasteiger partial charge is 0.331 e. The van der Waals surface area contributed by atoms with Crippen LogP contribution in [0.2, 0.25) is 0 Å². The Morgan fingerprint density at radius 2 is 1.86 bits per heavy atom. The molecule has 0 aliphatic heterocycles. The molecule has 0 saturated carbocycles. The summed E-state index contributed by atoms with van der Waals surface area (Å²) >= 11 is 0. The Morgan fingerprint density at radius 1 is 1.24 bits per heavy atom. The van der Waals surface area contributed by atoms with Crippen molar-refractivity contribution < 1.29 is 19.1 Å². The lowest BCUT2D eigenvalue weighted by Crippen LogP contribution is -2.35. The second-order valence-electron chi connectivity index (χ2n) is 4.87. The third kappa shape index (κ3) is 6.12. The van der Waals surface area contributed by atoms with E-state index < -0.39 is 12.1 Å². The molecule has 5 nitrogen and oxygen atoms in total. The Morgan fingerprint density at radius 3 is 2.38 bits per heavy atom. The molecule has 1 N–H and O–H groups in total. The minimum Gasteiger partial charge on any atom is -0.497 e. The van der Waals surface area contributed by atoms with Crippen molar-refractivity contribution in [3.63, 3.8) is 0 Å². The van der Waals surface area contributed by atoms with Gasteiger partial charge in [0.2, 0.25) is 0 Å². The van der Waals surface area contributed by atoms with Crippen molar-refractivity contribution in [1.82, 2.24) is 5.32 Å². The molecule has 1 amide bonds. The summed E-state index contributed by atoms with van der Waals surface area (Å²) in [7, 11) is 1.60. The number of methoxy groups -OCH3 is 1. The first-order valence-corrected chi connectivity index (χ1v) is 6.68. The van der Waals surface area contributed by atoms with E-state index in [0.717, 1.165) is 16.9 Å². The van der Waals surface area contributed by atoms with Gasteiger partial charge in [0.1, 0.15) is 5.75 Å². The molecule has 0 fully saturated rings. The first-order chi connectivity index (χ1) is 9.92. The summed E-state index contributed by atoms with van der Waals surface area (Å²) in [5, 5.41) is 2.72. The van der Waals surface area contributed by atoms with E-state index in [1.807, 2.05) is 24.3 Å². The number of esters is 1. The van der Waals surface area contributed by atoms with E-state index in [-0.39, 0.29) is 5.91 Å². The average molecular weight is 291 g/mol. The topological polar surface area (TPSA) is 64.6 Å². The molecule has 21 heavy (non-hydrogen) atoms. The zero-order chi connectivity index (χ0) is 15.8. The number of hydrogen-bond acceptors (Lipinski definition) is 4. The Bertz CT molecular complexity index is 516. The normalized spacial score (nSPS) is 11.2. The number of rotatable bonds is 6. The highest BCUT2D eigenvalue weighted by molar-refractivity contribution is 5.87. The number of allylic oxidation sites excluding steroid dienone is 1. The van der Waals surface area contributed by atoms with Crippen LogP contribution >= 0.6 is 0 Å². The zero-order valence-electron chi connectivity index (χ0n) is 12.8. The number of nitrogens with one attached hydrogen (secondary N) is 1. The molecule has 0 saturated heterocycles. The van der Waals surface area contributed by atoms with Gasteiger partial charge in [-0.05, 0) is 38.5 Å². The fraction of sp³-hybridized carbons (Fsp3) is 0.375. The first-order valence-electron chi connectivity index (χ1n) is 6.68. The van der Waals surface area contributed by atoms with E-state index >= 15 is 0 Å². The fourth-order valence-corrected chi connectivity index (χ4v) is 1.57. The van der Waals surface area contributed by atoms with E-state index in [1.165, 1.54) is 6.08 Å². The maximum Gasteiger partial charge on any atom is 0.331 e. The van der Waals surface area contributed by atoms with Gasteiger partial charge in [0.25, 0.3) is 5.91 Å². The molecular weight excluding hydrogens is 270 g/mol. The third-order valence-electron chi connectivity index (χ3n) is 2.69. The van der Waals surface area contributed by atoms with Gasteiger partial charge in [-0.15, -0.1) is 0 Å². The lowest BCUT2D eigenvalue weighted by molar-refractivity contribution is -0.150. The Kier molecular flexibility index (Phi) is 6.46. The van der Waals surface area contributed by atoms with Gasteiger partial charge in [0, 0.05) is 12.6 Å². The highest BCUT2D eigenvalue weighted by atomic mass is 16.5. The van der Waals surface area contributed by atoms with Gasteiger partial charge in [0.15, 0.2) is 6.10 Å². The lowest BCUT2D eigenvalue weighted by atomic mass is 10.2. The quantitative estimate of drug-likeness (QED) is 0.644. The van der Waals surface area contributed by atoms with Crippen molar-refractivity contribution in [2.24, 2.45) is 0 Å². The zero-order valence-corrected chi connectivity index (χ0v) is 12.8. The first kappa shape index (κ1) is 16.8. The predicted octanol–water partition coefficient (Wildman–Crippen LogP) is 2.21. The van der Waals surface area contributed by atoms with Crippen LogP contribution in [0.3, 0.4) is 0 Å². The van der Waals surface area contributed by atoms with Crippen molar-refractivity contribution in [2.75, 3.05) is 7.11 Å². The fourth-order valence-electron chi connectivity index (χ4n) is 1.57. The van der Waals surface area contributed by atoms with Crippen LogP contribution in [0, 0.1) is 0 Å². The summed E-state index contributed by atoms with van der Waals surface area (Å²) in [4.78, 5) is 23.2. The SMILES string of the molecule is COc1ccc(CNC(=O)[C@H](C)OC(=O)C=C(C)C)cc1. The van der Waals surface area contributed by atoms with E-state index in [4.69, 9.17) is 9.47 Å². The van der Waals surface area contributed by atoms with Crippen molar-refractivity contribution in [3.05, 3.63) is 41.5 Å². The van der Waals surface area contributed by atoms with Gasteiger partial charge < -0.3 is 14.8 Å². The summed E-state index contributed by atoms with van der Waals surface area (Å²) in [6, 6.07) is 7.36. The Hall–Kier alpha value is -2.30. The molecule has 1 aromatic rings. The molecule has 5 heteroatoms. The van der Waals surface area contributed by atoms with Gasteiger partial charge >= 0.3 is 5.97 Å². The lowest BCUT2D eigenvalue weighted by Gasteiger charge is -2.12. The molecule has 114 valence electrons. The van der Waals surface area contributed by atoms with Crippen LogP contribution in [0.25, 0.3) is 0 Å². The molecule has 1 rings (SSSR count). The number of hydrogen-bond donors (Lipinski definition) is 1. The van der Waals surface area contributed by atoms with Gasteiger partial charge in [0.05, 0.1) is 7.11 Å². The minimum atomic E-state index is -0.827. The van der Waals surface area contributed by atoms with E-state index in [1.54, 1.807) is 27.9 Å². The number of carbonyl (C=O) groups is 2. The van der Waals surface area contributed by atoms with Crippen molar-refractivity contribution >= 4 is 11.9 Å². The highest BCUT2D eigenvalue weighted by Gasteiger charge is 2.16. The van der Waals surface area contributed by atoms with Crippen LogP contribution in [0.4, 0.5) is 0 Å². The van der Waals surface area contributed by atoms with Gasteiger partial charge in [-0.1, -0.05) is 17.7 Å². The van der Waals surface area contributed by atoms with Crippen LogP contribution in [0.5, 0.6) is 5.75 Å². The van der Waals surface area contributed by atoms with E-state index in [2.05, 4.69) is 5.32 Å². The van der Waals surface area contributed by atoms with Crippen molar-refractivity contribution in [1.29, 1.82) is 0 Å². The molecular formula is C16H21NO4. The summed E-state index contributed by atoms with van der Waals surface area (Å²) in [6.07, 6.45) is 0.527. The summed E-state index contributed by atoms with van der Waals surface area (Å²) < 4.78 is 10.1. The summed E-state index contributed by atoms with van der Waals surface area (Å²) in [5.41, 5.74) is 1.76. The molecule has 0 aliphatic rings. The van der Waals surface area contributed by atoms with Gasteiger partial charge in [-0.3, -0.25) is 4.79 Å². The average Bonchev–Trinajstić information content (AvgIpc) is 2.44. The summed E-state index contributed by atoms with van der Waals surface area (Å²) in [5.74, 6) is -0.0856. The largest absolute Gasteiger partial charge is 0.497 e. The van der Waals surface area contributed by atoms with Gasteiger partial charge in [-0.2, -0.15) is 0 Å². The molecule has 0 bridgehead atoms. The maximum absolute atomic E-state index is 11.8. The Balaban J connectivity index is 2.45. The second-order valence-corrected chi connectivity index (χ2v) is 4.87. The van der Waals surface area contributed by atoms with Gasteiger partial charge in [-0.25, -0.2) is 4.79 Å². The van der Waals surface area contributed by atoms with Crippen LogP contribution < -0.4 is 10.1 Å². The standard InChI is InChI=1S/C16H21NO4/c1-11(2)9-15(18)21-12(3)16(19)17-10-13-5-7-14(20-4)8-6-13/h5-9,12H,10H2,1-4H3,(H,17,19)/t12-/m0/s1. The van der Waals surface area contributed by atoms with E-state index in [0.29, 0.717) is 6.54 Å². The number of ether oxygens (including phenoxy) is 2. The van der Waals surface area contributed by atoms with Crippen LogP contribution in [-0.4, -0.2) is 25.1 Å². The van der Waals surface area contributed by atoms with Crippen molar-refractivity contribution in [3.8, 4) is 5.75 Å². The molecule has 0 aromatic heterocycles. The van der Waals surface area contributed by atoms with Crippen LogP contribution in [-0.2, 0) is 20.9 Å². The molecule has 1 aromatic carbocycles. The van der Waals surface area contributed by atoms with E-state index in [9.17, 15) is 9.59 Å². The minimum absolute atomic E-state index is 0.332. The number of carbonyl (C=O) groups excluding carboxylic acids is 2. The maximum atomic E-state index is 11.8. The Labute approximate surface area is 124 Å². The highest BCUT2D eigenvalue weighted by Crippen LogP contribution is 2.11. The van der Waals surface area contributed by atoms with Crippen molar-refractivity contribution in [2.45, 2.75) is 33.4 Å². The molecule has 0 heterocycles.